The first kappa shape index (κ1) is 30.9. The summed E-state index contributed by atoms with van der Waals surface area (Å²) in [4.78, 5) is 31.0. The highest BCUT2D eigenvalue weighted by Gasteiger charge is 2.35. The maximum Gasteiger partial charge on any atom is 0.337 e. The number of amides is 1. The number of aryl methyl sites for hydroxylation is 2. The average molecular weight is 596 g/mol. The van der Waals surface area contributed by atoms with E-state index in [0.29, 0.717) is 64.6 Å². The molecule has 4 heterocycles. The number of hydrogen-bond donors (Lipinski definition) is 2. The third-order valence-electron chi connectivity index (χ3n) is 8.48. The number of fused-ring (bicyclic) bond motifs is 2. The molecule has 2 aliphatic heterocycles. The molecule has 0 radical (unpaired) electrons. The van der Waals surface area contributed by atoms with E-state index in [9.17, 15) is 14.7 Å². The molecule has 1 fully saturated rings. The summed E-state index contributed by atoms with van der Waals surface area (Å²) >= 11 is 0. The predicted molar refractivity (Wildman–Crippen MR) is 161 cm³/mol. The molecule has 0 aliphatic carbocycles. The maximum atomic E-state index is 15.6. The van der Waals surface area contributed by atoms with E-state index in [-0.39, 0.29) is 11.7 Å². The molecule has 1 aromatic carbocycles. The summed E-state index contributed by atoms with van der Waals surface area (Å²) in [6.07, 6.45) is 2.86. The number of benzene rings is 1. The quantitative estimate of drug-likeness (QED) is 0.338. The molecule has 5 rings (SSSR count). The Morgan fingerprint density at radius 3 is 2.60 bits per heavy atom. The summed E-state index contributed by atoms with van der Waals surface area (Å²) in [5.74, 6) is -1.17. The van der Waals surface area contributed by atoms with Gasteiger partial charge in [-0.3, -0.25) is 4.79 Å². The van der Waals surface area contributed by atoms with Crippen LogP contribution in [0, 0.1) is 25.6 Å². The lowest BCUT2D eigenvalue weighted by Gasteiger charge is -2.29. The van der Waals surface area contributed by atoms with Gasteiger partial charge in [0.25, 0.3) is 5.91 Å². The lowest BCUT2D eigenvalue weighted by Crippen LogP contribution is -2.29. The predicted octanol–water partition coefficient (Wildman–Crippen LogP) is 5.81. The highest BCUT2D eigenvalue weighted by Crippen LogP contribution is 2.44. The summed E-state index contributed by atoms with van der Waals surface area (Å²) < 4.78 is 34.5. The van der Waals surface area contributed by atoms with Gasteiger partial charge in [0, 0.05) is 54.6 Å². The SMILES string of the molecule is Cc1nc2c(cc(C(=O)NCCC3CCOCC3)n2C)c(-c2cc(F)c3c(c2C)CCCO3)c1[C@H](OC(C)(C)C)C(=O)O. The molecule has 0 saturated carbocycles. The molecule has 0 spiro atoms. The summed E-state index contributed by atoms with van der Waals surface area (Å²) in [6.45, 7) is 11.5. The van der Waals surface area contributed by atoms with Crippen molar-refractivity contribution in [1.29, 1.82) is 0 Å². The van der Waals surface area contributed by atoms with E-state index in [2.05, 4.69) is 5.32 Å². The van der Waals surface area contributed by atoms with Crippen molar-refractivity contribution in [2.75, 3.05) is 26.4 Å². The minimum atomic E-state index is -1.38. The van der Waals surface area contributed by atoms with Gasteiger partial charge in [-0.15, -0.1) is 0 Å². The molecule has 1 saturated heterocycles. The number of hydrogen-bond acceptors (Lipinski definition) is 6. The molecule has 9 nitrogen and oxygen atoms in total. The fourth-order valence-corrected chi connectivity index (χ4v) is 6.31. The molecule has 2 N–H and O–H groups in total. The van der Waals surface area contributed by atoms with Gasteiger partial charge in [-0.25, -0.2) is 14.2 Å². The molecule has 2 aromatic heterocycles. The Bertz CT molecular complexity index is 1550. The van der Waals surface area contributed by atoms with Gasteiger partial charge in [0.15, 0.2) is 17.7 Å². The smallest absolute Gasteiger partial charge is 0.337 e. The van der Waals surface area contributed by atoms with Crippen molar-refractivity contribution in [3.05, 3.63) is 46.0 Å². The van der Waals surface area contributed by atoms with Crippen LogP contribution in [-0.4, -0.2) is 58.5 Å². The molecular weight excluding hydrogens is 553 g/mol. The summed E-state index contributed by atoms with van der Waals surface area (Å²) in [6, 6.07) is 3.14. The number of nitrogens with zero attached hydrogens (tertiary/aromatic N) is 2. The van der Waals surface area contributed by atoms with Crippen molar-refractivity contribution < 1.29 is 33.3 Å². The number of aliphatic carboxylic acids is 1. The average Bonchev–Trinajstić information content (AvgIpc) is 3.29. The normalized spacial score (nSPS) is 16.5. The van der Waals surface area contributed by atoms with E-state index in [0.717, 1.165) is 50.0 Å². The molecule has 43 heavy (non-hydrogen) atoms. The Kier molecular flexibility index (Phi) is 8.81. The number of nitrogens with one attached hydrogen (secondary N) is 1. The molecule has 232 valence electrons. The Morgan fingerprint density at radius 1 is 1.21 bits per heavy atom. The second-order valence-corrected chi connectivity index (χ2v) is 12.7. The number of pyridine rings is 1. The zero-order valence-electron chi connectivity index (χ0n) is 25.9. The van der Waals surface area contributed by atoms with Gasteiger partial charge in [-0.1, -0.05) is 0 Å². The van der Waals surface area contributed by atoms with Crippen molar-refractivity contribution in [2.45, 2.75) is 78.4 Å². The molecule has 0 unspecified atom stereocenters. The first-order valence-corrected chi connectivity index (χ1v) is 15.1. The lowest BCUT2D eigenvalue weighted by atomic mass is 9.86. The number of carbonyl (C=O) groups is 2. The van der Waals surface area contributed by atoms with Crippen LogP contribution < -0.4 is 10.1 Å². The number of rotatable bonds is 8. The molecule has 0 bridgehead atoms. The van der Waals surface area contributed by atoms with Gasteiger partial charge in [-0.2, -0.15) is 0 Å². The number of carboxylic acids is 1. The zero-order chi connectivity index (χ0) is 31.1. The number of aromatic nitrogens is 2. The molecular formula is C33H42FN3O6. The van der Waals surface area contributed by atoms with Gasteiger partial charge in [0.05, 0.1) is 12.2 Å². The monoisotopic (exact) mass is 595 g/mol. The second-order valence-electron chi connectivity index (χ2n) is 12.7. The van der Waals surface area contributed by atoms with Crippen molar-refractivity contribution in [3.63, 3.8) is 0 Å². The summed E-state index contributed by atoms with van der Waals surface area (Å²) in [7, 11) is 1.76. The summed E-state index contributed by atoms with van der Waals surface area (Å²) in [5, 5.41) is 14.0. The van der Waals surface area contributed by atoms with Gasteiger partial charge < -0.3 is 29.2 Å². The molecule has 2 aliphatic rings. The van der Waals surface area contributed by atoms with E-state index < -0.39 is 23.5 Å². The second kappa shape index (κ2) is 12.2. The Balaban J connectivity index is 1.67. The molecule has 1 atom stereocenters. The van der Waals surface area contributed by atoms with E-state index in [1.807, 2.05) is 6.92 Å². The fraction of sp³-hybridized carbons (Fsp3) is 0.545. The first-order chi connectivity index (χ1) is 20.4. The zero-order valence-corrected chi connectivity index (χ0v) is 25.9. The van der Waals surface area contributed by atoms with E-state index >= 15 is 4.39 Å². The van der Waals surface area contributed by atoms with Gasteiger partial charge in [-0.05, 0) is 95.9 Å². The third-order valence-corrected chi connectivity index (χ3v) is 8.48. The largest absolute Gasteiger partial charge is 0.490 e. The van der Waals surface area contributed by atoms with Crippen LogP contribution in [0.4, 0.5) is 4.39 Å². The highest BCUT2D eigenvalue weighted by molar-refractivity contribution is 6.04. The number of carbonyl (C=O) groups excluding carboxylic acids is 1. The highest BCUT2D eigenvalue weighted by atomic mass is 19.1. The van der Waals surface area contributed by atoms with E-state index in [1.54, 1.807) is 45.4 Å². The van der Waals surface area contributed by atoms with Crippen molar-refractivity contribution in [2.24, 2.45) is 13.0 Å². The van der Waals surface area contributed by atoms with Crippen molar-refractivity contribution >= 4 is 22.9 Å². The summed E-state index contributed by atoms with van der Waals surface area (Å²) in [5.41, 5.74) is 3.46. The van der Waals surface area contributed by atoms with Crippen LogP contribution in [0.25, 0.3) is 22.2 Å². The van der Waals surface area contributed by atoms with Gasteiger partial charge in [0.1, 0.15) is 11.3 Å². The Morgan fingerprint density at radius 2 is 1.93 bits per heavy atom. The van der Waals surface area contributed by atoms with Gasteiger partial charge >= 0.3 is 5.97 Å². The molecule has 3 aromatic rings. The van der Waals surface area contributed by atoms with Crippen LogP contribution >= 0.6 is 0 Å². The lowest BCUT2D eigenvalue weighted by molar-refractivity contribution is -0.160. The maximum absolute atomic E-state index is 15.6. The van der Waals surface area contributed by atoms with Crippen LogP contribution in [0.5, 0.6) is 5.75 Å². The van der Waals surface area contributed by atoms with Crippen LogP contribution in [0.15, 0.2) is 12.1 Å². The van der Waals surface area contributed by atoms with Crippen LogP contribution in [0.3, 0.4) is 0 Å². The minimum Gasteiger partial charge on any atom is -0.490 e. The number of halogens is 1. The standard InChI is InChI=1S/C33H42FN3O6/c1-18-21-8-7-13-42-28(21)24(34)16-22(18)27-23-17-25(31(38)35-12-9-20-10-14-41-15-11-20)37(6)30(23)36-19(2)26(27)29(32(39)40)43-33(3,4)5/h16-17,20,29H,7-15H2,1-6H3,(H,35,38)(H,39,40)/t29-/m0/s1. The van der Waals surface area contributed by atoms with E-state index in [4.69, 9.17) is 19.2 Å². The fourth-order valence-electron chi connectivity index (χ4n) is 6.31. The number of ether oxygens (including phenoxy) is 3. The van der Waals surface area contributed by atoms with E-state index in [1.165, 1.54) is 6.07 Å². The van der Waals surface area contributed by atoms with Crippen LogP contribution in [0.1, 0.15) is 85.4 Å². The molecule has 1 amide bonds. The topological polar surface area (TPSA) is 112 Å². The first-order valence-electron chi connectivity index (χ1n) is 15.1. The third kappa shape index (κ3) is 6.26. The van der Waals surface area contributed by atoms with Gasteiger partial charge in [0.2, 0.25) is 0 Å². The number of carboxylic acid groups (broad SMARTS) is 1. The van der Waals surface area contributed by atoms with Crippen LogP contribution in [-0.2, 0) is 27.7 Å². The minimum absolute atomic E-state index is 0.245. The molecule has 10 heteroatoms. The Hall–Kier alpha value is -3.50. The van der Waals surface area contributed by atoms with Crippen molar-refractivity contribution in [3.8, 4) is 16.9 Å². The van der Waals surface area contributed by atoms with Crippen molar-refractivity contribution in [1.82, 2.24) is 14.9 Å². The van der Waals surface area contributed by atoms with Crippen LogP contribution in [0.2, 0.25) is 0 Å². The Labute approximate surface area is 251 Å².